The molecule has 8 heteroatoms. The standard InChI is InChI=1S/C22H20N4O2S2/c1-3-23-19-16(20(27)25-11-5-4-6-18(25)24-19)12-17-21(28)26(22(29)30-17)13-15-9-7-14(2)8-10-15/h4-12,23H,3,13H2,1-2H3. The van der Waals surface area contributed by atoms with Gasteiger partial charge in [0.1, 0.15) is 15.8 Å². The first kappa shape index (κ1) is 20.3. The van der Waals surface area contributed by atoms with E-state index >= 15 is 0 Å². The van der Waals surface area contributed by atoms with E-state index < -0.39 is 0 Å². The highest BCUT2D eigenvalue weighted by Crippen LogP contribution is 2.34. The number of anilines is 1. The maximum atomic E-state index is 13.1. The zero-order chi connectivity index (χ0) is 21.3. The van der Waals surface area contributed by atoms with Crippen molar-refractivity contribution in [3.05, 3.63) is 80.6 Å². The average Bonchev–Trinajstić information content (AvgIpc) is 3.00. The van der Waals surface area contributed by atoms with Crippen LogP contribution >= 0.6 is 24.0 Å². The predicted octanol–water partition coefficient (Wildman–Crippen LogP) is 3.84. The van der Waals surface area contributed by atoms with Crippen LogP contribution in [0.15, 0.2) is 58.4 Å². The highest BCUT2D eigenvalue weighted by molar-refractivity contribution is 8.26. The Balaban J connectivity index is 1.72. The summed E-state index contributed by atoms with van der Waals surface area (Å²) >= 11 is 6.65. The largest absolute Gasteiger partial charge is 0.370 e. The van der Waals surface area contributed by atoms with E-state index in [-0.39, 0.29) is 11.5 Å². The number of amides is 1. The first-order chi connectivity index (χ1) is 14.5. The number of rotatable bonds is 5. The van der Waals surface area contributed by atoms with Gasteiger partial charge >= 0.3 is 0 Å². The second-order valence-corrected chi connectivity index (χ2v) is 8.57. The van der Waals surface area contributed by atoms with Crippen LogP contribution in [-0.4, -0.2) is 31.1 Å². The molecular weight excluding hydrogens is 416 g/mol. The van der Waals surface area contributed by atoms with Crippen molar-refractivity contribution < 1.29 is 4.79 Å². The van der Waals surface area contributed by atoms with Crippen molar-refractivity contribution >= 4 is 51.7 Å². The number of fused-ring (bicyclic) bond motifs is 1. The van der Waals surface area contributed by atoms with Gasteiger partial charge in [0.05, 0.1) is 17.0 Å². The Hall–Kier alpha value is -2.97. The fraction of sp³-hybridized carbons (Fsp3) is 0.182. The summed E-state index contributed by atoms with van der Waals surface area (Å²) in [6, 6.07) is 13.4. The Kier molecular flexibility index (Phi) is 5.69. The Bertz CT molecular complexity index is 1230. The molecular formula is C22H20N4O2S2. The number of pyridine rings is 1. The lowest BCUT2D eigenvalue weighted by atomic mass is 10.1. The minimum absolute atomic E-state index is 0.203. The van der Waals surface area contributed by atoms with Gasteiger partial charge in [0.2, 0.25) is 0 Å². The number of carbonyl (C=O) groups is 1. The molecule has 1 fully saturated rings. The molecule has 152 valence electrons. The summed E-state index contributed by atoms with van der Waals surface area (Å²) in [7, 11) is 0. The van der Waals surface area contributed by atoms with Gasteiger partial charge in [0.25, 0.3) is 11.5 Å². The van der Waals surface area contributed by atoms with Crippen LogP contribution in [0, 0.1) is 6.92 Å². The smallest absolute Gasteiger partial charge is 0.267 e. The van der Waals surface area contributed by atoms with E-state index in [0.29, 0.717) is 39.3 Å². The summed E-state index contributed by atoms with van der Waals surface area (Å²) in [6.07, 6.45) is 3.27. The molecule has 1 aromatic carbocycles. The molecule has 0 bridgehead atoms. The summed E-state index contributed by atoms with van der Waals surface area (Å²) in [4.78, 5) is 32.6. The molecule has 1 N–H and O–H groups in total. The fourth-order valence-corrected chi connectivity index (χ4v) is 4.42. The first-order valence-corrected chi connectivity index (χ1v) is 10.8. The van der Waals surface area contributed by atoms with Gasteiger partial charge in [0.15, 0.2) is 0 Å². The molecule has 3 aromatic rings. The summed E-state index contributed by atoms with van der Waals surface area (Å²) < 4.78 is 1.95. The maximum Gasteiger partial charge on any atom is 0.267 e. The number of nitrogens with zero attached hydrogens (tertiary/aromatic N) is 3. The lowest BCUT2D eigenvalue weighted by Gasteiger charge is -2.14. The molecule has 1 saturated heterocycles. The molecule has 1 amide bonds. The Morgan fingerprint density at radius 2 is 1.93 bits per heavy atom. The summed E-state index contributed by atoms with van der Waals surface area (Å²) in [5.74, 6) is 0.253. The van der Waals surface area contributed by atoms with Crippen LogP contribution in [0.4, 0.5) is 5.82 Å². The number of thioether (sulfide) groups is 1. The number of carbonyl (C=O) groups excluding carboxylic acids is 1. The molecule has 0 saturated carbocycles. The average molecular weight is 437 g/mol. The Morgan fingerprint density at radius 3 is 2.67 bits per heavy atom. The lowest BCUT2D eigenvalue weighted by Crippen LogP contribution is -2.27. The zero-order valence-corrected chi connectivity index (χ0v) is 18.2. The van der Waals surface area contributed by atoms with Crippen LogP contribution < -0.4 is 10.9 Å². The molecule has 0 atom stereocenters. The second-order valence-electron chi connectivity index (χ2n) is 6.89. The quantitative estimate of drug-likeness (QED) is 0.484. The maximum absolute atomic E-state index is 13.1. The second kappa shape index (κ2) is 8.41. The van der Waals surface area contributed by atoms with Gasteiger partial charge < -0.3 is 5.32 Å². The molecule has 0 unspecified atom stereocenters. The number of thiocarbonyl (C=S) groups is 1. The van der Waals surface area contributed by atoms with Crippen molar-refractivity contribution in [3.63, 3.8) is 0 Å². The van der Waals surface area contributed by atoms with Crippen molar-refractivity contribution in [3.8, 4) is 0 Å². The Labute approximate surface area is 183 Å². The number of hydrogen-bond acceptors (Lipinski definition) is 6. The summed E-state index contributed by atoms with van der Waals surface area (Å²) in [6.45, 7) is 4.95. The Morgan fingerprint density at radius 1 is 1.17 bits per heavy atom. The summed E-state index contributed by atoms with van der Waals surface area (Å²) in [5.41, 5.74) is 2.81. The van der Waals surface area contributed by atoms with Gasteiger partial charge in [-0.1, -0.05) is 59.9 Å². The third-order valence-electron chi connectivity index (χ3n) is 4.72. The van der Waals surface area contributed by atoms with Gasteiger partial charge in [-0.25, -0.2) is 4.98 Å². The molecule has 30 heavy (non-hydrogen) atoms. The molecule has 0 aliphatic carbocycles. The normalized spacial score (nSPS) is 15.4. The van der Waals surface area contributed by atoms with Crippen molar-refractivity contribution in [2.45, 2.75) is 20.4 Å². The molecule has 6 nitrogen and oxygen atoms in total. The van der Waals surface area contributed by atoms with Gasteiger partial charge in [0, 0.05) is 12.7 Å². The monoisotopic (exact) mass is 436 g/mol. The van der Waals surface area contributed by atoms with Crippen molar-refractivity contribution in [1.29, 1.82) is 0 Å². The fourth-order valence-electron chi connectivity index (χ4n) is 3.18. The lowest BCUT2D eigenvalue weighted by molar-refractivity contribution is -0.122. The minimum Gasteiger partial charge on any atom is -0.370 e. The number of benzene rings is 1. The van der Waals surface area contributed by atoms with Crippen molar-refractivity contribution in [2.75, 3.05) is 11.9 Å². The topological polar surface area (TPSA) is 66.7 Å². The molecule has 0 radical (unpaired) electrons. The van der Waals surface area contributed by atoms with Crippen molar-refractivity contribution in [2.24, 2.45) is 0 Å². The SMILES string of the molecule is CCNc1nc2ccccn2c(=O)c1C=C1SC(=S)N(Cc2ccc(C)cc2)C1=O. The van der Waals surface area contributed by atoms with E-state index in [4.69, 9.17) is 12.2 Å². The van der Waals surface area contributed by atoms with Gasteiger partial charge in [-0.3, -0.25) is 18.9 Å². The first-order valence-electron chi connectivity index (χ1n) is 9.54. The van der Waals surface area contributed by atoms with Gasteiger partial charge in [-0.05, 0) is 37.6 Å². The number of hydrogen-bond donors (Lipinski definition) is 1. The van der Waals surface area contributed by atoms with E-state index in [1.807, 2.05) is 44.2 Å². The van der Waals surface area contributed by atoms with Crippen LogP contribution in [0.25, 0.3) is 11.7 Å². The van der Waals surface area contributed by atoms with E-state index in [9.17, 15) is 9.59 Å². The number of aryl methyl sites for hydroxylation is 1. The van der Waals surface area contributed by atoms with E-state index in [1.54, 1.807) is 29.3 Å². The van der Waals surface area contributed by atoms with E-state index in [2.05, 4.69) is 10.3 Å². The van der Waals surface area contributed by atoms with Crippen LogP contribution in [0.5, 0.6) is 0 Å². The number of aromatic nitrogens is 2. The third-order valence-corrected chi connectivity index (χ3v) is 6.10. The van der Waals surface area contributed by atoms with Gasteiger partial charge in [-0.15, -0.1) is 0 Å². The van der Waals surface area contributed by atoms with Gasteiger partial charge in [-0.2, -0.15) is 0 Å². The molecule has 4 rings (SSSR count). The number of nitrogens with one attached hydrogen (secondary N) is 1. The predicted molar refractivity (Wildman–Crippen MR) is 126 cm³/mol. The van der Waals surface area contributed by atoms with E-state index in [1.165, 1.54) is 16.2 Å². The highest BCUT2D eigenvalue weighted by Gasteiger charge is 2.32. The molecule has 0 spiro atoms. The van der Waals surface area contributed by atoms with Crippen molar-refractivity contribution in [1.82, 2.24) is 14.3 Å². The minimum atomic E-state index is -0.236. The molecule has 1 aliphatic heterocycles. The third kappa shape index (κ3) is 3.88. The zero-order valence-electron chi connectivity index (χ0n) is 16.6. The summed E-state index contributed by atoms with van der Waals surface area (Å²) in [5, 5.41) is 3.13. The van der Waals surface area contributed by atoms with Crippen LogP contribution in [0.3, 0.4) is 0 Å². The van der Waals surface area contributed by atoms with Crippen LogP contribution in [0.1, 0.15) is 23.6 Å². The van der Waals surface area contributed by atoms with Crippen LogP contribution in [-0.2, 0) is 11.3 Å². The van der Waals surface area contributed by atoms with E-state index in [0.717, 1.165) is 11.1 Å². The highest BCUT2D eigenvalue weighted by atomic mass is 32.2. The van der Waals surface area contributed by atoms with Crippen LogP contribution in [0.2, 0.25) is 0 Å². The molecule has 3 heterocycles. The molecule has 2 aromatic heterocycles. The molecule has 1 aliphatic rings.